The maximum atomic E-state index is 5.95. The number of benzene rings is 1. The first-order valence-corrected chi connectivity index (χ1v) is 7.08. The van der Waals surface area contributed by atoms with Crippen molar-refractivity contribution in [2.75, 3.05) is 13.1 Å². The van der Waals surface area contributed by atoms with Crippen molar-refractivity contribution in [3.05, 3.63) is 34.9 Å². The lowest BCUT2D eigenvalue weighted by Crippen LogP contribution is -2.37. The van der Waals surface area contributed by atoms with Crippen LogP contribution in [0, 0.1) is 5.92 Å². The molecule has 0 amide bonds. The van der Waals surface area contributed by atoms with Crippen LogP contribution >= 0.6 is 24.0 Å². The second kappa shape index (κ2) is 7.37. The van der Waals surface area contributed by atoms with Gasteiger partial charge in [-0.15, -0.1) is 12.4 Å². The predicted molar refractivity (Wildman–Crippen MR) is 81.7 cm³/mol. The highest BCUT2D eigenvalue weighted by Crippen LogP contribution is 2.29. The monoisotopic (exact) mass is 287 g/mol. The molecule has 2 unspecified atom stereocenters. The van der Waals surface area contributed by atoms with Gasteiger partial charge in [0.25, 0.3) is 0 Å². The summed E-state index contributed by atoms with van der Waals surface area (Å²) >= 11 is 5.95. The van der Waals surface area contributed by atoms with E-state index in [-0.39, 0.29) is 12.4 Å². The summed E-state index contributed by atoms with van der Waals surface area (Å²) in [6.07, 6.45) is 3.90. The van der Waals surface area contributed by atoms with E-state index >= 15 is 0 Å². The van der Waals surface area contributed by atoms with Gasteiger partial charge in [-0.3, -0.25) is 4.90 Å². The van der Waals surface area contributed by atoms with Crippen LogP contribution in [0.25, 0.3) is 0 Å². The topological polar surface area (TPSA) is 3.24 Å². The Balaban J connectivity index is 0.00000162. The van der Waals surface area contributed by atoms with Crippen LogP contribution in [-0.4, -0.2) is 18.0 Å². The standard InChI is InChI=1S/C15H22ClN.ClH/c1-3-15(13-6-8-14(16)9-7-13)17-10-4-5-12(2)11-17;/h6-9,12,15H,3-5,10-11H2,1-2H3;1H. The van der Waals surface area contributed by atoms with Crippen LogP contribution in [-0.2, 0) is 0 Å². The van der Waals surface area contributed by atoms with Crippen LogP contribution in [0.15, 0.2) is 24.3 Å². The molecule has 1 heterocycles. The summed E-state index contributed by atoms with van der Waals surface area (Å²) < 4.78 is 0. The number of piperidine rings is 1. The molecule has 0 aromatic heterocycles. The Hall–Kier alpha value is -0.240. The molecule has 0 aliphatic carbocycles. The molecule has 102 valence electrons. The van der Waals surface area contributed by atoms with Crippen LogP contribution < -0.4 is 0 Å². The van der Waals surface area contributed by atoms with Gasteiger partial charge in [-0.25, -0.2) is 0 Å². The van der Waals surface area contributed by atoms with Gasteiger partial charge in [0.1, 0.15) is 0 Å². The largest absolute Gasteiger partial charge is 0.296 e. The third-order valence-electron chi connectivity index (χ3n) is 3.77. The number of hydrogen-bond donors (Lipinski definition) is 0. The lowest BCUT2D eigenvalue weighted by Gasteiger charge is -2.37. The number of likely N-dealkylation sites (tertiary alicyclic amines) is 1. The number of halogens is 2. The molecule has 0 saturated carbocycles. The first-order valence-electron chi connectivity index (χ1n) is 6.70. The molecule has 1 aromatic carbocycles. The van der Waals surface area contributed by atoms with Crippen molar-refractivity contribution in [1.82, 2.24) is 4.90 Å². The summed E-state index contributed by atoms with van der Waals surface area (Å²) in [6, 6.07) is 8.93. The van der Waals surface area contributed by atoms with Crippen molar-refractivity contribution in [1.29, 1.82) is 0 Å². The van der Waals surface area contributed by atoms with E-state index in [1.165, 1.54) is 37.9 Å². The molecule has 0 radical (unpaired) electrons. The van der Waals surface area contributed by atoms with Crippen molar-refractivity contribution in [3.63, 3.8) is 0 Å². The van der Waals surface area contributed by atoms with Gasteiger partial charge < -0.3 is 0 Å². The second-order valence-electron chi connectivity index (χ2n) is 5.22. The minimum atomic E-state index is 0. The molecule has 1 fully saturated rings. The highest BCUT2D eigenvalue weighted by Gasteiger charge is 2.23. The quantitative estimate of drug-likeness (QED) is 0.761. The normalized spacial score (nSPS) is 22.3. The Bertz CT molecular complexity index is 350. The summed E-state index contributed by atoms with van der Waals surface area (Å²) in [7, 11) is 0. The van der Waals surface area contributed by atoms with E-state index in [4.69, 9.17) is 11.6 Å². The highest BCUT2D eigenvalue weighted by atomic mass is 35.5. The van der Waals surface area contributed by atoms with Crippen LogP contribution in [0.5, 0.6) is 0 Å². The molecule has 1 saturated heterocycles. The maximum Gasteiger partial charge on any atom is 0.0406 e. The zero-order chi connectivity index (χ0) is 12.3. The number of hydrogen-bond acceptors (Lipinski definition) is 1. The molecule has 18 heavy (non-hydrogen) atoms. The first kappa shape index (κ1) is 15.8. The molecular weight excluding hydrogens is 265 g/mol. The summed E-state index contributed by atoms with van der Waals surface area (Å²) in [5.74, 6) is 0.838. The molecule has 0 N–H and O–H groups in total. The van der Waals surface area contributed by atoms with Gasteiger partial charge in [-0.2, -0.15) is 0 Å². The van der Waals surface area contributed by atoms with Gasteiger partial charge in [-0.05, 0) is 49.4 Å². The van der Waals surface area contributed by atoms with Crippen molar-refractivity contribution < 1.29 is 0 Å². The molecule has 0 bridgehead atoms. The predicted octanol–water partition coefficient (Wildman–Crippen LogP) is 4.94. The molecule has 3 heteroatoms. The fourth-order valence-corrected chi connectivity index (χ4v) is 3.02. The summed E-state index contributed by atoms with van der Waals surface area (Å²) in [4.78, 5) is 2.64. The Morgan fingerprint density at radius 2 is 2.00 bits per heavy atom. The average molecular weight is 288 g/mol. The zero-order valence-electron chi connectivity index (χ0n) is 11.2. The van der Waals surface area contributed by atoms with Gasteiger partial charge in [0, 0.05) is 17.6 Å². The van der Waals surface area contributed by atoms with Crippen molar-refractivity contribution >= 4 is 24.0 Å². The smallest absolute Gasteiger partial charge is 0.0406 e. The SMILES string of the molecule is CCC(c1ccc(Cl)cc1)N1CCCC(C)C1.Cl. The lowest BCUT2D eigenvalue weighted by molar-refractivity contribution is 0.126. The van der Waals surface area contributed by atoms with E-state index < -0.39 is 0 Å². The fourth-order valence-electron chi connectivity index (χ4n) is 2.90. The Morgan fingerprint density at radius 1 is 1.33 bits per heavy atom. The molecule has 1 aromatic rings. The van der Waals surface area contributed by atoms with Crippen LogP contribution in [0.4, 0.5) is 0 Å². The summed E-state index contributed by atoms with van der Waals surface area (Å²) in [6.45, 7) is 7.12. The van der Waals surface area contributed by atoms with Crippen LogP contribution in [0.1, 0.15) is 44.7 Å². The summed E-state index contributed by atoms with van der Waals surface area (Å²) in [5.41, 5.74) is 1.41. The fraction of sp³-hybridized carbons (Fsp3) is 0.600. The molecule has 2 rings (SSSR count). The van der Waals surface area contributed by atoms with Gasteiger partial charge in [0.2, 0.25) is 0 Å². The van der Waals surface area contributed by atoms with Crippen LogP contribution in [0.2, 0.25) is 5.02 Å². The van der Waals surface area contributed by atoms with Crippen LogP contribution in [0.3, 0.4) is 0 Å². The van der Waals surface area contributed by atoms with Gasteiger partial charge in [-0.1, -0.05) is 37.6 Å². The number of rotatable bonds is 3. The summed E-state index contributed by atoms with van der Waals surface area (Å²) in [5, 5.41) is 0.829. The van der Waals surface area contributed by atoms with Gasteiger partial charge in [0.15, 0.2) is 0 Å². The van der Waals surface area contributed by atoms with Crippen molar-refractivity contribution in [2.45, 2.75) is 39.2 Å². The van der Waals surface area contributed by atoms with E-state index in [0.717, 1.165) is 10.9 Å². The first-order chi connectivity index (χ1) is 8.20. The van der Waals surface area contributed by atoms with Crippen molar-refractivity contribution in [2.24, 2.45) is 5.92 Å². The van der Waals surface area contributed by atoms with E-state index in [1.54, 1.807) is 0 Å². The van der Waals surface area contributed by atoms with E-state index in [9.17, 15) is 0 Å². The highest BCUT2D eigenvalue weighted by molar-refractivity contribution is 6.30. The lowest BCUT2D eigenvalue weighted by atomic mass is 9.95. The van der Waals surface area contributed by atoms with Gasteiger partial charge >= 0.3 is 0 Å². The molecule has 0 spiro atoms. The molecular formula is C15H23Cl2N. The minimum Gasteiger partial charge on any atom is -0.296 e. The van der Waals surface area contributed by atoms with Crippen molar-refractivity contribution in [3.8, 4) is 0 Å². The van der Waals surface area contributed by atoms with Gasteiger partial charge in [0.05, 0.1) is 0 Å². The Kier molecular flexibility index (Phi) is 6.48. The Morgan fingerprint density at radius 3 is 2.56 bits per heavy atom. The second-order valence-corrected chi connectivity index (χ2v) is 5.65. The Labute approximate surface area is 122 Å². The third kappa shape index (κ3) is 3.88. The molecule has 1 aliphatic rings. The van der Waals surface area contributed by atoms with E-state index in [2.05, 4.69) is 30.9 Å². The average Bonchev–Trinajstić information content (AvgIpc) is 2.33. The molecule has 1 nitrogen and oxygen atoms in total. The zero-order valence-corrected chi connectivity index (χ0v) is 12.8. The third-order valence-corrected chi connectivity index (χ3v) is 4.02. The van der Waals surface area contributed by atoms with E-state index in [1.807, 2.05) is 12.1 Å². The minimum absolute atomic E-state index is 0. The number of nitrogens with zero attached hydrogens (tertiary/aromatic N) is 1. The maximum absolute atomic E-state index is 5.95. The van der Waals surface area contributed by atoms with E-state index in [0.29, 0.717) is 6.04 Å². The molecule has 1 aliphatic heterocycles. The molecule has 2 atom stereocenters.